The van der Waals surface area contributed by atoms with E-state index in [-0.39, 0.29) is 35.3 Å². The first-order valence-corrected chi connectivity index (χ1v) is 11.7. The number of aromatic nitrogens is 2. The molecule has 1 aromatic carbocycles. The summed E-state index contributed by atoms with van der Waals surface area (Å²) in [4.78, 5) is 28.1. The van der Waals surface area contributed by atoms with E-state index in [0.29, 0.717) is 28.8 Å². The van der Waals surface area contributed by atoms with Crippen LogP contribution in [0.1, 0.15) is 58.4 Å². The van der Waals surface area contributed by atoms with Gasteiger partial charge in [-0.05, 0) is 29.5 Å². The van der Waals surface area contributed by atoms with Gasteiger partial charge >= 0.3 is 0 Å². The van der Waals surface area contributed by atoms with E-state index in [1.54, 1.807) is 28.8 Å². The zero-order valence-corrected chi connectivity index (χ0v) is 19.1. The van der Waals surface area contributed by atoms with Crippen LogP contribution >= 0.6 is 23.1 Å². The van der Waals surface area contributed by atoms with E-state index in [1.807, 2.05) is 13.8 Å². The van der Waals surface area contributed by atoms with Crippen molar-refractivity contribution in [2.24, 2.45) is 5.41 Å². The molecule has 0 saturated heterocycles. The molecule has 2 heterocycles. The molecule has 0 N–H and O–H groups in total. The molecule has 0 fully saturated rings. The molecular weight excluding hydrogens is 421 g/mol. The molecule has 0 radical (unpaired) electrons. The minimum Gasteiger partial charge on any atom is -0.294 e. The number of ketones is 1. The molecule has 2 aromatic rings. The summed E-state index contributed by atoms with van der Waals surface area (Å²) in [6.45, 7) is 8.24. The molecule has 1 aliphatic heterocycles. The third-order valence-corrected chi connectivity index (χ3v) is 7.34. The number of anilines is 1. The minimum absolute atomic E-state index is 0.0503. The Bertz CT molecular complexity index is 1030. The number of amides is 1. The topological polar surface area (TPSA) is 63.2 Å². The van der Waals surface area contributed by atoms with Crippen molar-refractivity contribution in [3.8, 4) is 0 Å². The summed E-state index contributed by atoms with van der Waals surface area (Å²) >= 11 is 2.98. The molecule has 1 atom stereocenters. The van der Waals surface area contributed by atoms with Gasteiger partial charge < -0.3 is 0 Å². The number of nitrogens with zero attached hydrogens (tertiary/aromatic N) is 3. The van der Waals surface area contributed by atoms with Crippen LogP contribution in [0, 0.1) is 11.2 Å². The maximum Gasteiger partial charge on any atom is 0.234 e. The highest BCUT2D eigenvalue weighted by molar-refractivity contribution is 8.01. The first-order chi connectivity index (χ1) is 14.1. The molecule has 8 heteroatoms. The lowest BCUT2D eigenvalue weighted by Crippen LogP contribution is -2.43. The van der Waals surface area contributed by atoms with Gasteiger partial charge in [0.15, 0.2) is 10.1 Å². The van der Waals surface area contributed by atoms with Crippen LogP contribution in [0.4, 0.5) is 9.52 Å². The number of Topliss-reactive ketones (excluding diaryl/α,β-unsaturated/α-hetero) is 1. The highest BCUT2D eigenvalue weighted by Crippen LogP contribution is 2.48. The summed E-state index contributed by atoms with van der Waals surface area (Å²) in [5.41, 5.74) is 1.92. The Morgan fingerprint density at radius 2 is 1.87 bits per heavy atom. The molecule has 30 heavy (non-hydrogen) atoms. The lowest BCUT2D eigenvalue weighted by molar-refractivity contribution is -0.121. The van der Waals surface area contributed by atoms with Crippen LogP contribution in [0.15, 0.2) is 39.9 Å². The number of benzene rings is 1. The number of carbonyl (C=O) groups excluding carboxylic acids is 2. The van der Waals surface area contributed by atoms with Crippen LogP contribution in [-0.2, 0) is 9.59 Å². The number of allylic oxidation sites excluding steroid dienone is 2. The monoisotopic (exact) mass is 445 g/mol. The molecule has 1 aromatic heterocycles. The van der Waals surface area contributed by atoms with Crippen LogP contribution in [-0.4, -0.2) is 27.1 Å². The number of rotatable bonds is 4. The average molecular weight is 446 g/mol. The number of thioether (sulfide) groups is 1. The predicted molar refractivity (Wildman–Crippen MR) is 117 cm³/mol. The van der Waals surface area contributed by atoms with Crippen LogP contribution in [0.25, 0.3) is 0 Å². The van der Waals surface area contributed by atoms with Gasteiger partial charge in [-0.25, -0.2) is 4.39 Å². The molecule has 1 aliphatic carbocycles. The van der Waals surface area contributed by atoms with E-state index in [0.717, 1.165) is 15.6 Å². The lowest BCUT2D eigenvalue weighted by atomic mass is 9.69. The first kappa shape index (κ1) is 21.2. The Morgan fingerprint density at radius 3 is 2.53 bits per heavy atom. The predicted octanol–water partition coefficient (Wildman–Crippen LogP) is 5.34. The Morgan fingerprint density at radius 1 is 1.17 bits per heavy atom. The molecule has 1 amide bonds. The second-order valence-corrected chi connectivity index (χ2v) is 11.6. The van der Waals surface area contributed by atoms with Crippen molar-refractivity contribution in [2.45, 2.75) is 62.5 Å². The number of hydrogen-bond donors (Lipinski definition) is 0. The molecule has 4 rings (SSSR count). The fourth-order valence-corrected chi connectivity index (χ4v) is 6.27. The first-order valence-electron chi connectivity index (χ1n) is 9.99. The fraction of sp³-hybridized carbons (Fsp3) is 0.455. The molecular formula is C22H24FN3O2S2. The average Bonchev–Trinajstić information content (AvgIpc) is 3.07. The third kappa shape index (κ3) is 4.07. The zero-order valence-electron chi connectivity index (χ0n) is 17.4. The Hall–Kier alpha value is -2.06. The second kappa shape index (κ2) is 7.89. The van der Waals surface area contributed by atoms with E-state index in [9.17, 15) is 14.0 Å². The van der Waals surface area contributed by atoms with Gasteiger partial charge in [-0.1, -0.05) is 62.9 Å². The van der Waals surface area contributed by atoms with E-state index in [4.69, 9.17) is 0 Å². The molecule has 0 saturated carbocycles. The third-order valence-electron chi connectivity index (χ3n) is 5.34. The summed E-state index contributed by atoms with van der Waals surface area (Å²) in [5.74, 6) is -0.748. The molecule has 0 spiro atoms. The Kier molecular flexibility index (Phi) is 5.57. The Labute approximate surface area is 183 Å². The summed E-state index contributed by atoms with van der Waals surface area (Å²) in [7, 11) is 0. The molecule has 5 nitrogen and oxygen atoms in total. The van der Waals surface area contributed by atoms with Gasteiger partial charge in [-0.3, -0.25) is 14.5 Å². The number of hydrogen-bond acceptors (Lipinski definition) is 6. The van der Waals surface area contributed by atoms with Crippen molar-refractivity contribution in [1.82, 2.24) is 10.2 Å². The van der Waals surface area contributed by atoms with Crippen molar-refractivity contribution < 1.29 is 14.0 Å². The van der Waals surface area contributed by atoms with Crippen LogP contribution in [0.3, 0.4) is 0 Å². The highest BCUT2D eigenvalue weighted by atomic mass is 32.2. The van der Waals surface area contributed by atoms with Crippen molar-refractivity contribution in [2.75, 3.05) is 4.90 Å². The summed E-state index contributed by atoms with van der Waals surface area (Å²) < 4.78 is 14.3. The van der Waals surface area contributed by atoms with Crippen molar-refractivity contribution in [3.05, 3.63) is 46.9 Å². The van der Waals surface area contributed by atoms with Gasteiger partial charge in [0.25, 0.3) is 0 Å². The van der Waals surface area contributed by atoms with Crippen molar-refractivity contribution in [1.29, 1.82) is 0 Å². The summed E-state index contributed by atoms with van der Waals surface area (Å²) in [6, 6.07) is 6.10. The van der Waals surface area contributed by atoms with Gasteiger partial charge in [-0.2, -0.15) is 0 Å². The van der Waals surface area contributed by atoms with E-state index >= 15 is 0 Å². The van der Waals surface area contributed by atoms with Crippen LogP contribution in [0.2, 0.25) is 0 Å². The van der Waals surface area contributed by atoms with Crippen molar-refractivity contribution in [3.63, 3.8) is 0 Å². The summed E-state index contributed by atoms with van der Waals surface area (Å²) in [6.07, 6.45) is 1.18. The smallest absolute Gasteiger partial charge is 0.234 e. The quantitative estimate of drug-likeness (QED) is 0.469. The van der Waals surface area contributed by atoms with Crippen molar-refractivity contribution >= 4 is 39.9 Å². The largest absolute Gasteiger partial charge is 0.294 e. The van der Waals surface area contributed by atoms with Gasteiger partial charge in [0, 0.05) is 35.3 Å². The Balaban J connectivity index is 1.82. The maximum absolute atomic E-state index is 13.4. The fourth-order valence-electron chi connectivity index (χ4n) is 4.16. The van der Waals surface area contributed by atoms with Gasteiger partial charge in [-0.15, -0.1) is 10.2 Å². The lowest BCUT2D eigenvalue weighted by Gasteiger charge is -2.41. The SMILES string of the molecule is CC(C)Sc1nnc(N2C(=O)CC(c3ccc(F)cc3)C3=C2CC(C)(C)CC3=O)s1. The number of carbonyl (C=O) groups is 2. The highest BCUT2D eigenvalue weighted by Gasteiger charge is 2.45. The molecule has 0 bridgehead atoms. The summed E-state index contributed by atoms with van der Waals surface area (Å²) in [5, 5.41) is 9.38. The van der Waals surface area contributed by atoms with E-state index in [2.05, 4.69) is 24.0 Å². The van der Waals surface area contributed by atoms with Crippen LogP contribution in [0.5, 0.6) is 0 Å². The molecule has 2 aliphatic rings. The minimum atomic E-state index is -0.356. The zero-order chi connectivity index (χ0) is 21.6. The van der Waals surface area contributed by atoms with E-state index < -0.39 is 0 Å². The number of halogens is 1. The normalized spacial score (nSPS) is 21.4. The van der Waals surface area contributed by atoms with Gasteiger partial charge in [0.2, 0.25) is 11.0 Å². The molecule has 1 unspecified atom stereocenters. The van der Waals surface area contributed by atoms with Crippen LogP contribution < -0.4 is 4.90 Å². The molecule has 158 valence electrons. The second-order valence-electron chi connectivity index (χ2n) is 8.86. The van der Waals surface area contributed by atoms with E-state index in [1.165, 1.54) is 23.5 Å². The van der Waals surface area contributed by atoms with Gasteiger partial charge in [0.1, 0.15) is 5.82 Å². The van der Waals surface area contributed by atoms with Gasteiger partial charge in [0.05, 0.1) is 0 Å². The maximum atomic E-state index is 13.4. The standard InChI is InChI=1S/C22H24FN3O2S2/c1-12(2)29-21-25-24-20(30-21)26-16-10-22(3,4)11-17(27)19(16)15(9-18(26)28)13-5-7-14(23)8-6-13/h5-8,12,15H,9-11H2,1-4H3.